The van der Waals surface area contributed by atoms with Crippen LogP contribution in [0.4, 0.5) is 4.79 Å². The summed E-state index contributed by atoms with van der Waals surface area (Å²) in [5, 5.41) is 6.45. The number of amides is 1. The van der Waals surface area contributed by atoms with Crippen molar-refractivity contribution in [2.75, 3.05) is 6.61 Å². The average Bonchev–Trinajstić information content (AvgIpc) is 2.39. The number of H-pyrrole nitrogens is 1. The van der Waals surface area contributed by atoms with Gasteiger partial charge < -0.3 is 10.5 Å². The van der Waals surface area contributed by atoms with Gasteiger partial charge in [0.15, 0.2) is 0 Å². The standard InChI is InChI=1S/C6H9N3O2/c7-6(10)11-4-2-5-1-3-8-9-5/h1,3H,2,4H2,(H2,7,10)(H,8,9). The lowest BCUT2D eigenvalue weighted by Gasteiger charge is -1.97. The van der Waals surface area contributed by atoms with Crippen LogP contribution < -0.4 is 5.73 Å². The fraction of sp³-hybridized carbons (Fsp3) is 0.333. The zero-order valence-corrected chi connectivity index (χ0v) is 5.91. The normalized spacial score (nSPS) is 9.45. The molecule has 0 aliphatic rings. The molecule has 0 bridgehead atoms. The van der Waals surface area contributed by atoms with Crippen LogP contribution in [0, 0.1) is 0 Å². The quantitative estimate of drug-likeness (QED) is 0.647. The fourth-order valence-corrected chi connectivity index (χ4v) is 0.686. The molecule has 0 radical (unpaired) electrons. The Kier molecular flexibility index (Phi) is 2.48. The van der Waals surface area contributed by atoms with E-state index in [2.05, 4.69) is 14.9 Å². The number of hydrogen-bond donors (Lipinski definition) is 2. The number of carbonyl (C=O) groups is 1. The largest absolute Gasteiger partial charge is 0.449 e. The Morgan fingerprint density at radius 2 is 2.64 bits per heavy atom. The maximum atomic E-state index is 10.1. The zero-order valence-electron chi connectivity index (χ0n) is 5.91. The summed E-state index contributed by atoms with van der Waals surface area (Å²) in [7, 11) is 0. The van der Waals surface area contributed by atoms with Crippen molar-refractivity contribution in [3.05, 3.63) is 18.0 Å². The molecule has 5 nitrogen and oxygen atoms in total. The van der Waals surface area contributed by atoms with E-state index in [0.717, 1.165) is 5.69 Å². The van der Waals surface area contributed by atoms with E-state index in [1.807, 2.05) is 6.07 Å². The Morgan fingerprint density at radius 1 is 1.82 bits per heavy atom. The number of aromatic nitrogens is 2. The number of ether oxygens (including phenoxy) is 1. The number of aromatic amines is 1. The maximum absolute atomic E-state index is 10.1. The van der Waals surface area contributed by atoms with Gasteiger partial charge in [-0.25, -0.2) is 4.79 Å². The Hall–Kier alpha value is -1.52. The van der Waals surface area contributed by atoms with Gasteiger partial charge in [0, 0.05) is 18.3 Å². The van der Waals surface area contributed by atoms with Crippen LogP contribution in [0.3, 0.4) is 0 Å². The number of hydrogen-bond acceptors (Lipinski definition) is 3. The molecule has 1 heterocycles. The van der Waals surface area contributed by atoms with Gasteiger partial charge in [-0.3, -0.25) is 5.10 Å². The third kappa shape index (κ3) is 2.70. The SMILES string of the molecule is NC(=O)OCCc1ccn[nH]1. The predicted molar refractivity (Wildman–Crippen MR) is 37.8 cm³/mol. The van der Waals surface area contributed by atoms with Crippen LogP contribution in [0.25, 0.3) is 0 Å². The smallest absolute Gasteiger partial charge is 0.404 e. The number of rotatable bonds is 3. The fourth-order valence-electron chi connectivity index (χ4n) is 0.686. The molecule has 0 saturated heterocycles. The summed E-state index contributed by atoms with van der Waals surface area (Å²) in [5.41, 5.74) is 5.67. The van der Waals surface area contributed by atoms with Crippen molar-refractivity contribution < 1.29 is 9.53 Å². The molecule has 1 rings (SSSR count). The third-order valence-electron chi connectivity index (χ3n) is 1.17. The van der Waals surface area contributed by atoms with E-state index < -0.39 is 6.09 Å². The van der Waals surface area contributed by atoms with Crippen LogP contribution in [0.15, 0.2) is 12.3 Å². The predicted octanol–water partition coefficient (Wildman–Crippen LogP) is 0.0475. The summed E-state index contributed by atoms with van der Waals surface area (Å²) >= 11 is 0. The molecule has 0 aliphatic heterocycles. The van der Waals surface area contributed by atoms with Gasteiger partial charge in [0.1, 0.15) is 0 Å². The Morgan fingerprint density at radius 3 is 3.18 bits per heavy atom. The lowest BCUT2D eigenvalue weighted by molar-refractivity contribution is 0.158. The molecule has 1 aromatic heterocycles. The maximum Gasteiger partial charge on any atom is 0.404 e. The minimum Gasteiger partial charge on any atom is -0.449 e. The van der Waals surface area contributed by atoms with E-state index in [-0.39, 0.29) is 6.61 Å². The monoisotopic (exact) mass is 155 g/mol. The number of nitrogens with zero attached hydrogens (tertiary/aromatic N) is 1. The van der Waals surface area contributed by atoms with Crippen molar-refractivity contribution in [2.24, 2.45) is 5.73 Å². The number of nitrogens with one attached hydrogen (secondary N) is 1. The molecule has 0 unspecified atom stereocenters. The van der Waals surface area contributed by atoms with Gasteiger partial charge in [0.2, 0.25) is 0 Å². The molecule has 60 valence electrons. The summed E-state index contributed by atoms with van der Waals surface area (Å²) in [6, 6.07) is 1.81. The van der Waals surface area contributed by atoms with Crippen molar-refractivity contribution >= 4 is 6.09 Å². The van der Waals surface area contributed by atoms with Crippen molar-refractivity contribution in [3.8, 4) is 0 Å². The van der Waals surface area contributed by atoms with Crippen LogP contribution >= 0.6 is 0 Å². The van der Waals surface area contributed by atoms with Gasteiger partial charge in [0.25, 0.3) is 0 Å². The highest BCUT2D eigenvalue weighted by Crippen LogP contribution is 1.92. The van der Waals surface area contributed by atoms with Crippen molar-refractivity contribution in [2.45, 2.75) is 6.42 Å². The summed E-state index contributed by atoms with van der Waals surface area (Å²) < 4.78 is 4.51. The topological polar surface area (TPSA) is 81.0 Å². The number of carbonyl (C=O) groups excluding carboxylic acids is 1. The summed E-state index contributed by atoms with van der Waals surface area (Å²) in [6.07, 6.45) is 1.51. The second kappa shape index (κ2) is 3.60. The van der Waals surface area contributed by atoms with Gasteiger partial charge >= 0.3 is 6.09 Å². The van der Waals surface area contributed by atoms with Gasteiger partial charge in [-0.1, -0.05) is 0 Å². The summed E-state index contributed by atoms with van der Waals surface area (Å²) in [4.78, 5) is 10.1. The van der Waals surface area contributed by atoms with Crippen LogP contribution in [0.5, 0.6) is 0 Å². The molecule has 0 atom stereocenters. The van der Waals surface area contributed by atoms with Crippen molar-refractivity contribution in [1.29, 1.82) is 0 Å². The first kappa shape index (κ1) is 7.59. The van der Waals surface area contributed by atoms with E-state index in [4.69, 9.17) is 5.73 Å². The van der Waals surface area contributed by atoms with Crippen LogP contribution in [-0.2, 0) is 11.2 Å². The van der Waals surface area contributed by atoms with Gasteiger partial charge in [0.05, 0.1) is 6.61 Å². The van der Waals surface area contributed by atoms with E-state index >= 15 is 0 Å². The third-order valence-corrected chi connectivity index (χ3v) is 1.17. The second-order valence-corrected chi connectivity index (χ2v) is 2.00. The molecular formula is C6H9N3O2. The van der Waals surface area contributed by atoms with E-state index in [0.29, 0.717) is 6.42 Å². The molecule has 0 aliphatic carbocycles. The van der Waals surface area contributed by atoms with E-state index in [9.17, 15) is 4.79 Å². The molecule has 5 heteroatoms. The van der Waals surface area contributed by atoms with E-state index in [1.54, 1.807) is 6.20 Å². The summed E-state index contributed by atoms with van der Waals surface area (Å²) in [5.74, 6) is 0. The first-order chi connectivity index (χ1) is 5.29. The molecule has 1 aromatic rings. The first-order valence-corrected chi connectivity index (χ1v) is 3.19. The van der Waals surface area contributed by atoms with Crippen LogP contribution in [-0.4, -0.2) is 22.9 Å². The lowest BCUT2D eigenvalue weighted by Crippen LogP contribution is -2.14. The Bertz CT molecular complexity index is 220. The Labute approximate surface area is 63.5 Å². The zero-order chi connectivity index (χ0) is 8.10. The molecule has 11 heavy (non-hydrogen) atoms. The Balaban J connectivity index is 2.19. The highest BCUT2D eigenvalue weighted by molar-refractivity contribution is 5.64. The number of nitrogens with two attached hydrogens (primary N) is 1. The highest BCUT2D eigenvalue weighted by atomic mass is 16.5. The van der Waals surface area contributed by atoms with Crippen LogP contribution in [0.2, 0.25) is 0 Å². The van der Waals surface area contributed by atoms with Crippen molar-refractivity contribution in [3.63, 3.8) is 0 Å². The molecule has 1 amide bonds. The molecule has 0 spiro atoms. The molecule has 0 aromatic carbocycles. The molecular weight excluding hydrogens is 146 g/mol. The summed E-state index contributed by atoms with van der Waals surface area (Å²) in [6.45, 7) is 0.289. The molecule has 3 N–H and O–H groups in total. The molecule has 0 saturated carbocycles. The van der Waals surface area contributed by atoms with Gasteiger partial charge in [-0.2, -0.15) is 5.10 Å². The minimum atomic E-state index is -0.746. The highest BCUT2D eigenvalue weighted by Gasteiger charge is 1.95. The van der Waals surface area contributed by atoms with Gasteiger partial charge in [-0.15, -0.1) is 0 Å². The van der Waals surface area contributed by atoms with Crippen LogP contribution in [0.1, 0.15) is 5.69 Å². The molecule has 0 fully saturated rings. The lowest BCUT2D eigenvalue weighted by atomic mass is 10.3. The average molecular weight is 155 g/mol. The van der Waals surface area contributed by atoms with E-state index in [1.165, 1.54) is 0 Å². The van der Waals surface area contributed by atoms with Crippen molar-refractivity contribution in [1.82, 2.24) is 10.2 Å². The minimum absolute atomic E-state index is 0.289. The first-order valence-electron chi connectivity index (χ1n) is 3.19. The number of primary amides is 1. The second-order valence-electron chi connectivity index (χ2n) is 2.00. The van der Waals surface area contributed by atoms with Gasteiger partial charge in [-0.05, 0) is 6.07 Å².